The van der Waals surface area contributed by atoms with Crippen LogP contribution in [0.4, 0.5) is 4.79 Å². The Kier molecular flexibility index (Phi) is 5.39. The van der Waals surface area contributed by atoms with E-state index in [4.69, 9.17) is 14.5 Å². The fraction of sp³-hybridized carbons (Fsp3) is 0.500. The Bertz CT molecular complexity index is 701. The molecule has 8 heteroatoms. The van der Waals surface area contributed by atoms with E-state index in [1.54, 1.807) is 45.0 Å². The minimum absolute atomic E-state index is 0.146. The molecule has 2 rings (SSSR count). The molecule has 0 spiro atoms. The molecule has 0 aromatic heterocycles. The molecular weight excluding hydrogens is 340 g/mol. The number of methoxy groups -OCH3 is 1. The highest BCUT2D eigenvalue weighted by atomic mass is 17.2. The number of nitrogens with zero attached hydrogens (tertiary/aromatic N) is 2. The van der Waals surface area contributed by atoms with Crippen molar-refractivity contribution in [3.8, 4) is 5.75 Å². The first-order valence-electron chi connectivity index (χ1n) is 8.12. The summed E-state index contributed by atoms with van der Waals surface area (Å²) in [5, 5.41) is 0. The van der Waals surface area contributed by atoms with Gasteiger partial charge in [-0.1, -0.05) is 18.2 Å². The van der Waals surface area contributed by atoms with E-state index in [1.165, 1.54) is 21.2 Å². The first-order chi connectivity index (χ1) is 12.0. The number of likely N-dealkylation sites (N-methyl/N-ethyl adjacent to an activating group) is 2. The van der Waals surface area contributed by atoms with Crippen LogP contribution >= 0.6 is 0 Å². The fourth-order valence-electron chi connectivity index (χ4n) is 2.60. The molecule has 1 heterocycles. The molecule has 1 aliphatic heterocycles. The van der Waals surface area contributed by atoms with Crippen molar-refractivity contribution in [1.82, 2.24) is 9.80 Å². The van der Waals surface area contributed by atoms with Gasteiger partial charge in [-0.2, -0.15) is 0 Å². The first kappa shape index (κ1) is 19.9. The third-order valence-corrected chi connectivity index (χ3v) is 3.94. The average Bonchev–Trinajstić information content (AvgIpc) is 2.60. The van der Waals surface area contributed by atoms with Crippen molar-refractivity contribution in [2.75, 3.05) is 21.2 Å². The summed E-state index contributed by atoms with van der Waals surface area (Å²) in [4.78, 5) is 50.5. The third-order valence-electron chi connectivity index (χ3n) is 3.94. The number of hydrogen-bond acceptors (Lipinski definition) is 6. The monoisotopic (exact) mass is 364 g/mol. The van der Waals surface area contributed by atoms with E-state index in [0.717, 1.165) is 9.80 Å². The van der Waals surface area contributed by atoms with Crippen molar-refractivity contribution in [3.05, 3.63) is 29.8 Å². The molecule has 1 aromatic rings. The molecule has 142 valence electrons. The number of amides is 4. The normalized spacial score (nSPS) is 17.7. The van der Waals surface area contributed by atoms with Crippen LogP contribution in [0, 0.1) is 0 Å². The number of imide groups is 2. The standard InChI is InChI=1S/C18H24N2O6/c1-17(2,3)25-26-18(11-12-9-7-8-10-13(12)24-6)14(21)19(4)16(23)20(5)15(18)22/h7-10H,11H2,1-6H3. The number of benzene rings is 1. The number of carbonyl (C=O) groups is 3. The van der Waals surface area contributed by atoms with Gasteiger partial charge in [0.05, 0.1) is 12.7 Å². The Hall–Kier alpha value is -2.45. The minimum Gasteiger partial charge on any atom is -0.496 e. The molecule has 1 aliphatic rings. The third kappa shape index (κ3) is 3.56. The molecule has 8 nitrogen and oxygen atoms in total. The van der Waals surface area contributed by atoms with Gasteiger partial charge in [0.25, 0.3) is 17.4 Å². The summed E-state index contributed by atoms with van der Waals surface area (Å²) in [6.45, 7) is 5.17. The minimum atomic E-state index is -2.03. The van der Waals surface area contributed by atoms with Crippen LogP contribution in [0.5, 0.6) is 5.75 Å². The number of hydrogen-bond donors (Lipinski definition) is 0. The molecule has 0 bridgehead atoms. The van der Waals surface area contributed by atoms with Crippen LogP contribution in [0.25, 0.3) is 0 Å². The predicted molar refractivity (Wildman–Crippen MR) is 92.3 cm³/mol. The van der Waals surface area contributed by atoms with Crippen LogP contribution in [-0.4, -0.2) is 60.1 Å². The molecule has 0 N–H and O–H groups in total. The van der Waals surface area contributed by atoms with E-state index >= 15 is 0 Å². The Morgan fingerprint density at radius 1 is 1.00 bits per heavy atom. The predicted octanol–water partition coefficient (Wildman–Crippen LogP) is 1.77. The molecule has 26 heavy (non-hydrogen) atoms. The number of barbiturate groups is 1. The first-order valence-corrected chi connectivity index (χ1v) is 8.12. The number of rotatable bonds is 5. The summed E-state index contributed by atoms with van der Waals surface area (Å²) >= 11 is 0. The van der Waals surface area contributed by atoms with Crippen LogP contribution < -0.4 is 4.74 Å². The number of para-hydroxylation sites is 1. The topological polar surface area (TPSA) is 85.4 Å². The van der Waals surface area contributed by atoms with Crippen molar-refractivity contribution in [2.45, 2.75) is 38.4 Å². The maximum absolute atomic E-state index is 12.9. The Morgan fingerprint density at radius 2 is 1.54 bits per heavy atom. The van der Waals surface area contributed by atoms with Gasteiger partial charge < -0.3 is 4.74 Å². The highest BCUT2D eigenvalue weighted by Crippen LogP contribution is 2.32. The lowest BCUT2D eigenvalue weighted by molar-refractivity contribution is -0.387. The van der Waals surface area contributed by atoms with Gasteiger partial charge in [0.15, 0.2) is 0 Å². The Labute approximate surface area is 152 Å². The molecule has 4 amide bonds. The van der Waals surface area contributed by atoms with Gasteiger partial charge in [0, 0.05) is 20.5 Å². The van der Waals surface area contributed by atoms with Crippen molar-refractivity contribution in [1.29, 1.82) is 0 Å². The summed E-state index contributed by atoms with van der Waals surface area (Å²) in [5.41, 5.74) is -2.22. The molecular formula is C18H24N2O6. The number of carbonyl (C=O) groups excluding carboxylic acids is 3. The summed E-state index contributed by atoms with van der Waals surface area (Å²) < 4.78 is 5.31. The van der Waals surface area contributed by atoms with E-state index in [0.29, 0.717) is 11.3 Å². The lowest BCUT2D eigenvalue weighted by Gasteiger charge is -2.41. The molecule has 0 atom stereocenters. The van der Waals surface area contributed by atoms with Gasteiger partial charge in [0.1, 0.15) is 5.75 Å². The van der Waals surface area contributed by atoms with Crippen molar-refractivity contribution in [2.24, 2.45) is 0 Å². The van der Waals surface area contributed by atoms with Gasteiger partial charge in [-0.25, -0.2) is 14.6 Å². The quantitative estimate of drug-likeness (QED) is 0.450. The second-order valence-corrected chi connectivity index (χ2v) is 7.11. The Balaban J connectivity index is 2.53. The van der Waals surface area contributed by atoms with E-state index < -0.39 is 29.0 Å². The molecule has 0 unspecified atom stereocenters. The highest BCUT2D eigenvalue weighted by molar-refractivity contribution is 6.21. The number of urea groups is 1. The zero-order valence-corrected chi connectivity index (χ0v) is 15.9. The molecule has 1 fully saturated rings. The van der Waals surface area contributed by atoms with Crippen LogP contribution in [-0.2, 0) is 25.8 Å². The average molecular weight is 364 g/mol. The summed E-state index contributed by atoms with van der Waals surface area (Å²) in [6.07, 6.45) is -0.146. The van der Waals surface area contributed by atoms with E-state index in [9.17, 15) is 14.4 Å². The van der Waals surface area contributed by atoms with Gasteiger partial charge in [-0.05, 0) is 32.4 Å². The second-order valence-electron chi connectivity index (χ2n) is 7.11. The Morgan fingerprint density at radius 3 is 2.04 bits per heavy atom. The molecule has 1 aromatic carbocycles. The van der Waals surface area contributed by atoms with Gasteiger partial charge in [-0.15, -0.1) is 0 Å². The fourth-order valence-corrected chi connectivity index (χ4v) is 2.60. The summed E-state index contributed by atoms with van der Waals surface area (Å²) in [6, 6.07) is 6.23. The van der Waals surface area contributed by atoms with Crippen LogP contribution in [0.2, 0.25) is 0 Å². The lowest BCUT2D eigenvalue weighted by atomic mass is 9.89. The molecule has 0 radical (unpaired) electrons. The zero-order valence-electron chi connectivity index (χ0n) is 15.9. The van der Waals surface area contributed by atoms with Crippen LogP contribution in [0.15, 0.2) is 24.3 Å². The summed E-state index contributed by atoms with van der Waals surface area (Å²) in [5.74, 6) is -1.09. The van der Waals surface area contributed by atoms with Gasteiger partial charge >= 0.3 is 6.03 Å². The summed E-state index contributed by atoms with van der Waals surface area (Å²) in [7, 11) is 4.08. The maximum atomic E-state index is 12.9. The van der Waals surface area contributed by atoms with E-state index in [-0.39, 0.29) is 6.42 Å². The van der Waals surface area contributed by atoms with E-state index in [1.807, 2.05) is 0 Å². The maximum Gasteiger partial charge on any atom is 0.333 e. The smallest absolute Gasteiger partial charge is 0.333 e. The molecule has 1 saturated heterocycles. The molecule has 0 saturated carbocycles. The SMILES string of the molecule is COc1ccccc1CC1(OOC(C)(C)C)C(=O)N(C)C(=O)N(C)C1=O. The number of ether oxygens (including phenoxy) is 1. The largest absolute Gasteiger partial charge is 0.496 e. The second kappa shape index (κ2) is 7.05. The van der Waals surface area contributed by atoms with Crippen molar-refractivity contribution >= 4 is 17.8 Å². The molecule has 0 aliphatic carbocycles. The van der Waals surface area contributed by atoms with Crippen LogP contribution in [0.3, 0.4) is 0 Å². The zero-order chi connectivity index (χ0) is 19.7. The van der Waals surface area contributed by atoms with E-state index in [2.05, 4.69) is 0 Å². The lowest BCUT2D eigenvalue weighted by Crippen LogP contribution is -2.69. The van der Waals surface area contributed by atoms with Crippen molar-refractivity contribution in [3.63, 3.8) is 0 Å². The van der Waals surface area contributed by atoms with Crippen molar-refractivity contribution < 1.29 is 28.9 Å². The highest BCUT2D eigenvalue weighted by Gasteiger charge is 2.59. The van der Waals surface area contributed by atoms with Gasteiger partial charge in [-0.3, -0.25) is 19.4 Å². The van der Waals surface area contributed by atoms with Gasteiger partial charge in [0.2, 0.25) is 0 Å². The van der Waals surface area contributed by atoms with Crippen LogP contribution in [0.1, 0.15) is 26.3 Å².